The van der Waals surface area contributed by atoms with Crippen molar-refractivity contribution in [1.82, 2.24) is 10.1 Å². The van der Waals surface area contributed by atoms with Crippen LogP contribution in [0.5, 0.6) is 5.75 Å². The highest BCUT2D eigenvalue weighted by Gasteiger charge is 2.32. The van der Waals surface area contributed by atoms with Crippen LogP contribution in [0, 0.1) is 13.8 Å². The van der Waals surface area contributed by atoms with Crippen molar-refractivity contribution in [1.29, 1.82) is 0 Å². The van der Waals surface area contributed by atoms with Crippen LogP contribution >= 0.6 is 11.8 Å². The summed E-state index contributed by atoms with van der Waals surface area (Å²) in [6.45, 7) is 8.04. The second-order valence-electron chi connectivity index (χ2n) is 8.18. The Bertz CT molecular complexity index is 1210. The number of nitrogens with zero attached hydrogens (tertiary/aromatic N) is 4. The van der Waals surface area contributed by atoms with Crippen LogP contribution in [0.4, 0.5) is 5.69 Å². The number of amidine groups is 1. The molecule has 1 aliphatic rings. The summed E-state index contributed by atoms with van der Waals surface area (Å²) in [5.41, 5.74) is 4.19. The monoisotopic (exact) mass is 462 g/mol. The van der Waals surface area contributed by atoms with E-state index in [1.165, 1.54) is 11.8 Å². The zero-order valence-electron chi connectivity index (χ0n) is 19.3. The molecule has 1 aromatic heterocycles. The molecule has 0 spiro atoms. The van der Waals surface area contributed by atoms with Gasteiger partial charge in [0, 0.05) is 5.92 Å². The van der Waals surface area contributed by atoms with Gasteiger partial charge in [0.2, 0.25) is 5.89 Å². The molecule has 0 bridgehead atoms. The van der Waals surface area contributed by atoms with Crippen molar-refractivity contribution in [2.75, 3.05) is 12.0 Å². The van der Waals surface area contributed by atoms with Gasteiger partial charge >= 0.3 is 0 Å². The first-order valence-corrected chi connectivity index (χ1v) is 11.6. The molecule has 0 unspecified atom stereocenters. The molecule has 7 nitrogen and oxygen atoms in total. The van der Waals surface area contributed by atoms with Gasteiger partial charge in [-0.3, -0.25) is 9.69 Å². The summed E-state index contributed by atoms with van der Waals surface area (Å²) in [6.07, 6.45) is 1.79. The molecule has 0 aliphatic carbocycles. The summed E-state index contributed by atoms with van der Waals surface area (Å²) in [6, 6.07) is 13.6. The minimum Gasteiger partial charge on any atom is -0.497 e. The number of carbonyl (C=O) groups excluding carboxylic acids is 1. The molecular formula is C25H26N4O3S. The molecule has 1 aliphatic heterocycles. The number of anilines is 1. The number of rotatable bonds is 6. The van der Waals surface area contributed by atoms with Crippen LogP contribution in [0.15, 0.2) is 57.7 Å². The van der Waals surface area contributed by atoms with Crippen molar-refractivity contribution < 1.29 is 14.1 Å². The summed E-state index contributed by atoms with van der Waals surface area (Å²) in [5, 5.41) is 4.64. The number of hydrogen-bond donors (Lipinski definition) is 0. The second kappa shape index (κ2) is 9.62. The van der Waals surface area contributed by atoms with E-state index in [4.69, 9.17) is 9.26 Å². The van der Waals surface area contributed by atoms with Crippen molar-refractivity contribution in [3.05, 3.63) is 76.6 Å². The fourth-order valence-corrected chi connectivity index (χ4v) is 4.30. The fourth-order valence-electron chi connectivity index (χ4n) is 3.45. The number of ether oxygens (including phenoxy) is 1. The minimum atomic E-state index is -0.172. The Labute approximate surface area is 197 Å². The van der Waals surface area contributed by atoms with Crippen molar-refractivity contribution in [3.8, 4) is 5.75 Å². The van der Waals surface area contributed by atoms with Crippen LogP contribution in [0.1, 0.15) is 48.2 Å². The quantitative estimate of drug-likeness (QED) is 0.450. The van der Waals surface area contributed by atoms with Crippen LogP contribution in [0.25, 0.3) is 6.08 Å². The first-order valence-electron chi connectivity index (χ1n) is 10.7. The van der Waals surface area contributed by atoms with Crippen molar-refractivity contribution >= 4 is 34.6 Å². The third-order valence-electron chi connectivity index (χ3n) is 5.02. The van der Waals surface area contributed by atoms with Gasteiger partial charge in [-0.1, -0.05) is 49.0 Å². The lowest BCUT2D eigenvalue weighted by Gasteiger charge is -2.18. The molecule has 3 aromatic rings. The number of thioether (sulfide) groups is 1. The Morgan fingerprint density at radius 1 is 1.12 bits per heavy atom. The summed E-state index contributed by atoms with van der Waals surface area (Å²) in [5.74, 6) is 2.36. The summed E-state index contributed by atoms with van der Waals surface area (Å²) in [7, 11) is 1.62. The summed E-state index contributed by atoms with van der Waals surface area (Å²) < 4.78 is 10.5. The van der Waals surface area contributed by atoms with Gasteiger partial charge in [0.25, 0.3) is 5.91 Å². The van der Waals surface area contributed by atoms with Gasteiger partial charge in [0.05, 0.1) is 18.6 Å². The van der Waals surface area contributed by atoms with Gasteiger partial charge in [-0.25, -0.2) is 4.99 Å². The standard InChI is InChI=1S/C25H26N4O3S/c1-15(2)23-27-22(28-32-23)14-33-25-26-21(13-18-6-8-20(31-5)9-7-18)24(30)29(25)19-11-16(3)10-17(4)12-19/h6-13,15H,14H2,1-5H3/b21-13+. The van der Waals surface area contributed by atoms with E-state index < -0.39 is 0 Å². The molecule has 4 rings (SSSR count). The summed E-state index contributed by atoms with van der Waals surface area (Å²) in [4.78, 5) is 24.2. The van der Waals surface area contributed by atoms with Crippen molar-refractivity contribution in [3.63, 3.8) is 0 Å². The first-order chi connectivity index (χ1) is 15.8. The van der Waals surface area contributed by atoms with Gasteiger partial charge in [-0.05, 0) is 60.9 Å². The van der Waals surface area contributed by atoms with E-state index in [2.05, 4.69) is 21.2 Å². The number of aromatic nitrogens is 2. The molecule has 0 saturated heterocycles. The number of hydrogen-bond acceptors (Lipinski definition) is 7. The molecule has 33 heavy (non-hydrogen) atoms. The second-order valence-corrected chi connectivity index (χ2v) is 9.12. The van der Waals surface area contributed by atoms with Gasteiger partial charge in [0.15, 0.2) is 11.0 Å². The topological polar surface area (TPSA) is 80.8 Å². The number of methoxy groups -OCH3 is 1. The third kappa shape index (κ3) is 5.17. The van der Waals surface area contributed by atoms with Crippen molar-refractivity contribution in [2.45, 2.75) is 39.4 Å². The van der Waals surface area contributed by atoms with E-state index in [-0.39, 0.29) is 11.8 Å². The molecular weight excluding hydrogens is 436 g/mol. The predicted molar refractivity (Wildman–Crippen MR) is 131 cm³/mol. The van der Waals surface area contributed by atoms with Crippen LogP contribution < -0.4 is 9.64 Å². The highest BCUT2D eigenvalue weighted by atomic mass is 32.2. The molecule has 0 fully saturated rings. The Kier molecular flexibility index (Phi) is 6.65. The van der Waals surface area contributed by atoms with E-state index in [0.717, 1.165) is 28.1 Å². The molecule has 8 heteroatoms. The Morgan fingerprint density at radius 2 is 1.82 bits per heavy atom. The first kappa shape index (κ1) is 22.8. The molecule has 0 atom stereocenters. The highest BCUT2D eigenvalue weighted by Crippen LogP contribution is 2.32. The molecule has 0 N–H and O–H groups in total. The number of carbonyl (C=O) groups is 1. The smallest absolute Gasteiger partial charge is 0.283 e. The van der Waals surface area contributed by atoms with E-state index in [0.29, 0.717) is 28.3 Å². The zero-order chi connectivity index (χ0) is 23.5. The Morgan fingerprint density at radius 3 is 2.42 bits per heavy atom. The number of aryl methyl sites for hydroxylation is 2. The van der Waals surface area contributed by atoms with Crippen LogP contribution in [0.2, 0.25) is 0 Å². The van der Waals surface area contributed by atoms with E-state index in [9.17, 15) is 4.79 Å². The maximum Gasteiger partial charge on any atom is 0.283 e. The number of aliphatic imine (C=N–C) groups is 1. The Hall–Kier alpha value is -3.39. The van der Waals surface area contributed by atoms with E-state index >= 15 is 0 Å². The molecule has 2 heterocycles. The van der Waals surface area contributed by atoms with E-state index in [1.54, 1.807) is 18.1 Å². The summed E-state index contributed by atoms with van der Waals surface area (Å²) >= 11 is 1.41. The van der Waals surface area contributed by atoms with Gasteiger partial charge in [-0.15, -0.1) is 0 Å². The van der Waals surface area contributed by atoms with Crippen LogP contribution in [-0.2, 0) is 10.5 Å². The average molecular weight is 463 g/mol. The average Bonchev–Trinajstić information content (AvgIpc) is 3.37. The number of amides is 1. The lowest BCUT2D eigenvalue weighted by atomic mass is 10.1. The highest BCUT2D eigenvalue weighted by molar-refractivity contribution is 8.13. The van der Waals surface area contributed by atoms with Crippen LogP contribution in [0.3, 0.4) is 0 Å². The maximum atomic E-state index is 13.4. The van der Waals surface area contributed by atoms with Gasteiger partial charge < -0.3 is 9.26 Å². The lowest BCUT2D eigenvalue weighted by Crippen LogP contribution is -2.30. The maximum absolute atomic E-state index is 13.4. The molecule has 2 aromatic carbocycles. The SMILES string of the molecule is COc1ccc(/C=C2/N=C(SCc3noc(C(C)C)n3)N(c3cc(C)cc(C)c3)C2=O)cc1. The zero-order valence-corrected chi connectivity index (χ0v) is 20.1. The molecule has 1 amide bonds. The number of benzene rings is 2. The molecule has 0 saturated carbocycles. The normalized spacial score (nSPS) is 15.0. The van der Waals surface area contributed by atoms with Gasteiger partial charge in [0.1, 0.15) is 11.4 Å². The molecule has 0 radical (unpaired) electrons. The van der Waals surface area contributed by atoms with Gasteiger partial charge in [-0.2, -0.15) is 4.98 Å². The van der Waals surface area contributed by atoms with Crippen LogP contribution in [-0.4, -0.2) is 28.3 Å². The Balaban J connectivity index is 1.66. The predicted octanol–water partition coefficient (Wildman–Crippen LogP) is 5.50. The van der Waals surface area contributed by atoms with Crippen molar-refractivity contribution in [2.24, 2.45) is 4.99 Å². The lowest BCUT2D eigenvalue weighted by molar-refractivity contribution is -0.113. The third-order valence-corrected chi connectivity index (χ3v) is 5.96. The largest absolute Gasteiger partial charge is 0.497 e. The fraction of sp³-hybridized carbons (Fsp3) is 0.280. The minimum absolute atomic E-state index is 0.160. The molecule has 170 valence electrons. The van der Waals surface area contributed by atoms with E-state index in [1.807, 2.05) is 64.1 Å².